The maximum Gasteiger partial charge on any atom is 0.265 e. The fourth-order valence-electron chi connectivity index (χ4n) is 3.31. The zero-order valence-corrected chi connectivity index (χ0v) is 17.8. The number of hydrogen-bond acceptors (Lipinski definition) is 4. The molecule has 0 aliphatic carbocycles. The first-order valence-corrected chi connectivity index (χ1v) is 10.4. The lowest BCUT2D eigenvalue weighted by atomic mass is 10.1. The molecule has 0 spiro atoms. The molecule has 3 aromatic rings. The molecule has 0 bridgehead atoms. The highest BCUT2D eigenvalue weighted by Crippen LogP contribution is 2.35. The lowest BCUT2D eigenvalue weighted by Gasteiger charge is -2.30. The van der Waals surface area contributed by atoms with Crippen LogP contribution in [0.5, 0.6) is 11.5 Å². The summed E-state index contributed by atoms with van der Waals surface area (Å²) in [6.07, 6.45) is 0.583. The largest absolute Gasteiger partial charge is 0.494 e. The van der Waals surface area contributed by atoms with Crippen molar-refractivity contribution in [2.24, 2.45) is 0 Å². The third kappa shape index (κ3) is 5.00. The summed E-state index contributed by atoms with van der Waals surface area (Å²) in [6.45, 7) is 0.755. The Kier molecular flexibility index (Phi) is 6.56. The van der Waals surface area contributed by atoms with Crippen LogP contribution in [0.15, 0.2) is 66.7 Å². The van der Waals surface area contributed by atoms with Gasteiger partial charge in [0.1, 0.15) is 17.3 Å². The summed E-state index contributed by atoms with van der Waals surface area (Å²) >= 11 is 5.87. The van der Waals surface area contributed by atoms with Gasteiger partial charge in [-0.3, -0.25) is 9.59 Å². The van der Waals surface area contributed by atoms with Gasteiger partial charge in [-0.25, -0.2) is 4.39 Å². The van der Waals surface area contributed by atoms with Gasteiger partial charge in [-0.2, -0.15) is 0 Å². The van der Waals surface area contributed by atoms with E-state index in [1.165, 1.54) is 18.2 Å². The van der Waals surface area contributed by atoms with Crippen LogP contribution in [0.4, 0.5) is 15.8 Å². The molecule has 6 nitrogen and oxygen atoms in total. The molecule has 0 fully saturated rings. The molecule has 164 valence electrons. The van der Waals surface area contributed by atoms with E-state index in [1.54, 1.807) is 53.4 Å². The number of anilines is 2. The van der Waals surface area contributed by atoms with Crippen molar-refractivity contribution in [1.29, 1.82) is 0 Å². The van der Waals surface area contributed by atoms with Crippen molar-refractivity contribution in [3.05, 3.63) is 83.1 Å². The number of nitrogens with one attached hydrogen (secondary N) is 1. The summed E-state index contributed by atoms with van der Waals surface area (Å²) < 4.78 is 25.1. The molecule has 0 saturated heterocycles. The van der Waals surface area contributed by atoms with Gasteiger partial charge >= 0.3 is 0 Å². The van der Waals surface area contributed by atoms with E-state index in [9.17, 15) is 14.0 Å². The van der Waals surface area contributed by atoms with Crippen molar-refractivity contribution < 1.29 is 23.5 Å². The minimum absolute atomic E-state index is 0.0613. The third-order valence-corrected chi connectivity index (χ3v) is 5.14. The molecule has 3 aromatic carbocycles. The molecule has 0 aromatic heterocycles. The summed E-state index contributed by atoms with van der Waals surface area (Å²) in [5.74, 6) is -0.146. The summed E-state index contributed by atoms with van der Waals surface area (Å²) in [5.41, 5.74) is 0.908. The molecule has 0 saturated carbocycles. The van der Waals surface area contributed by atoms with Crippen molar-refractivity contribution in [3.63, 3.8) is 0 Å². The number of carbonyl (C=O) groups excluding carboxylic acids is 2. The van der Waals surface area contributed by atoms with Crippen LogP contribution in [0.2, 0.25) is 5.02 Å². The van der Waals surface area contributed by atoms with Crippen LogP contribution >= 0.6 is 11.6 Å². The van der Waals surface area contributed by atoms with E-state index in [0.717, 1.165) is 0 Å². The van der Waals surface area contributed by atoms with E-state index in [2.05, 4.69) is 5.32 Å². The van der Waals surface area contributed by atoms with E-state index in [4.69, 9.17) is 21.1 Å². The fraction of sp³-hybridized carbons (Fsp3) is 0.167. The second-order valence-corrected chi connectivity index (χ2v) is 7.54. The zero-order chi connectivity index (χ0) is 22.5. The van der Waals surface area contributed by atoms with Gasteiger partial charge in [-0.05, 0) is 61.0 Å². The minimum Gasteiger partial charge on any atom is -0.494 e. The molecule has 1 N–H and O–H groups in total. The normalized spacial score (nSPS) is 12.7. The number of rotatable bonds is 7. The molecular weight excluding hydrogens is 435 g/mol. The maximum absolute atomic E-state index is 13.9. The minimum atomic E-state index is -0.608. The molecule has 1 aliphatic rings. The number of halogens is 2. The lowest BCUT2D eigenvalue weighted by Crippen LogP contribution is -2.39. The SMILES string of the molecule is O=C(Nc1ccc2c(c1)N(CCCOc1ccc(Cl)cc1)C(=O)CO2)c1ccccc1F. The fourth-order valence-corrected chi connectivity index (χ4v) is 3.44. The Labute approximate surface area is 189 Å². The van der Waals surface area contributed by atoms with E-state index in [0.29, 0.717) is 47.5 Å². The standard InChI is InChI=1S/C24H20ClFN2O4/c25-16-6-9-18(10-7-16)31-13-3-12-28-21-14-17(8-11-22(21)32-15-23(28)29)27-24(30)19-4-1-2-5-20(19)26/h1-2,4-11,14H,3,12-13,15H2,(H,27,30). The van der Waals surface area contributed by atoms with Crippen LogP contribution in [0.1, 0.15) is 16.8 Å². The smallest absolute Gasteiger partial charge is 0.265 e. The molecular formula is C24H20ClFN2O4. The second-order valence-electron chi connectivity index (χ2n) is 7.11. The average molecular weight is 455 g/mol. The Bertz CT molecular complexity index is 1140. The molecule has 0 atom stereocenters. The highest BCUT2D eigenvalue weighted by Gasteiger charge is 2.26. The number of amides is 2. The van der Waals surface area contributed by atoms with Gasteiger partial charge in [-0.1, -0.05) is 23.7 Å². The summed E-state index contributed by atoms with van der Waals surface area (Å²) in [7, 11) is 0. The van der Waals surface area contributed by atoms with Crippen LogP contribution in [-0.4, -0.2) is 31.6 Å². The van der Waals surface area contributed by atoms with Crippen molar-refractivity contribution in [1.82, 2.24) is 0 Å². The quantitative estimate of drug-likeness (QED) is 0.514. The molecule has 8 heteroatoms. The number of benzene rings is 3. The summed E-state index contributed by atoms with van der Waals surface area (Å²) in [6, 6.07) is 17.8. The van der Waals surface area contributed by atoms with Gasteiger partial charge < -0.3 is 19.7 Å². The molecule has 32 heavy (non-hydrogen) atoms. The first-order valence-electron chi connectivity index (χ1n) is 10.0. The van der Waals surface area contributed by atoms with Crippen LogP contribution < -0.4 is 19.7 Å². The Morgan fingerprint density at radius 2 is 1.91 bits per heavy atom. The monoisotopic (exact) mass is 454 g/mol. The van der Waals surface area contributed by atoms with Crippen molar-refractivity contribution in [3.8, 4) is 11.5 Å². The van der Waals surface area contributed by atoms with Gasteiger partial charge in [0.05, 0.1) is 17.9 Å². The number of fused-ring (bicyclic) bond motifs is 1. The van der Waals surface area contributed by atoms with E-state index < -0.39 is 11.7 Å². The van der Waals surface area contributed by atoms with Crippen LogP contribution in [0.3, 0.4) is 0 Å². The highest BCUT2D eigenvalue weighted by atomic mass is 35.5. The zero-order valence-electron chi connectivity index (χ0n) is 17.0. The van der Waals surface area contributed by atoms with Crippen LogP contribution in [0.25, 0.3) is 0 Å². The Hall–Kier alpha value is -3.58. The Balaban J connectivity index is 1.43. The summed E-state index contributed by atoms with van der Waals surface area (Å²) in [5, 5.41) is 3.30. The molecule has 1 aliphatic heterocycles. The predicted molar refractivity (Wildman–Crippen MR) is 120 cm³/mol. The topological polar surface area (TPSA) is 67.9 Å². The lowest BCUT2D eigenvalue weighted by molar-refractivity contribution is -0.121. The number of hydrogen-bond donors (Lipinski definition) is 1. The van der Waals surface area contributed by atoms with Crippen LogP contribution in [0, 0.1) is 5.82 Å². The van der Waals surface area contributed by atoms with E-state index in [-0.39, 0.29) is 18.1 Å². The molecule has 0 radical (unpaired) electrons. The Morgan fingerprint density at radius 3 is 2.69 bits per heavy atom. The number of carbonyl (C=O) groups is 2. The highest BCUT2D eigenvalue weighted by molar-refractivity contribution is 6.30. The van der Waals surface area contributed by atoms with Gasteiger partial charge in [0.15, 0.2) is 6.61 Å². The predicted octanol–water partition coefficient (Wildman–Crippen LogP) is 4.93. The molecule has 2 amide bonds. The van der Waals surface area contributed by atoms with E-state index in [1.807, 2.05) is 0 Å². The van der Waals surface area contributed by atoms with Gasteiger partial charge in [0, 0.05) is 17.3 Å². The third-order valence-electron chi connectivity index (χ3n) is 4.89. The van der Waals surface area contributed by atoms with Gasteiger partial charge in [0.2, 0.25) is 0 Å². The van der Waals surface area contributed by atoms with Crippen molar-refractivity contribution >= 4 is 34.8 Å². The average Bonchev–Trinajstić information content (AvgIpc) is 2.79. The second kappa shape index (κ2) is 9.70. The van der Waals surface area contributed by atoms with Gasteiger partial charge in [-0.15, -0.1) is 0 Å². The number of ether oxygens (including phenoxy) is 2. The summed E-state index contributed by atoms with van der Waals surface area (Å²) in [4.78, 5) is 26.5. The first-order chi connectivity index (χ1) is 15.5. The van der Waals surface area contributed by atoms with Gasteiger partial charge in [0.25, 0.3) is 11.8 Å². The molecule has 0 unspecified atom stereocenters. The van der Waals surface area contributed by atoms with Crippen LogP contribution in [-0.2, 0) is 4.79 Å². The van der Waals surface area contributed by atoms with Crippen molar-refractivity contribution in [2.45, 2.75) is 6.42 Å². The van der Waals surface area contributed by atoms with E-state index >= 15 is 0 Å². The molecule has 1 heterocycles. The Morgan fingerprint density at radius 1 is 1.12 bits per heavy atom. The van der Waals surface area contributed by atoms with Crippen molar-refractivity contribution in [2.75, 3.05) is 30.0 Å². The number of nitrogens with zero attached hydrogens (tertiary/aromatic N) is 1. The maximum atomic E-state index is 13.9. The molecule has 4 rings (SSSR count). The first kappa shape index (κ1) is 21.6.